The van der Waals surface area contributed by atoms with Crippen molar-refractivity contribution < 1.29 is 9.53 Å². The Morgan fingerprint density at radius 2 is 2.35 bits per heavy atom. The van der Waals surface area contributed by atoms with Crippen LogP contribution in [0.25, 0.3) is 10.9 Å². The van der Waals surface area contributed by atoms with Gasteiger partial charge in [0.1, 0.15) is 6.54 Å². The van der Waals surface area contributed by atoms with Crippen molar-refractivity contribution in [3.05, 3.63) is 40.4 Å². The van der Waals surface area contributed by atoms with Crippen LogP contribution in [-0.2, 0) is 16.1 Å². The Kier molecular flexibility index (Phi) is 4.71. The van der Waals surface area contributed by atoms with Crippen molar-refractivity contribution in [2.75, 3.05) is 13.2 Å². The third kappa shape index (κ3) is 3.59. The SMILES string of the molecule is Cc1cccc2c(=O)n(CC(=O)NCCC3CCCO3)cnc12. The van der Waals surface area contributed by atoms with E-state index in [1.165, 1.54) is 10.9 Å². The second kappa shape index (κ2) is 6.91. The second-order valence-electron chi connectivity index (χ2n) is 5.92. The van der Waals surface area contributed by atoms with Crippen molar-refractivity contribution in [2.45, 2.75) is 38.8 Å². The summed E-state index contributed by atoms with van der Waals surface area (Å²) >= 11 is 0. The molecule has 1 aromatic carbocycles. The summed E-state index contributed by atoms with van der Waals surface area (Å²) in [4.78, 5) is 28.7. The Morgan fingerprint density at radius 1 is 1.48 bits per heavy atom. The lowest BCUT2D eigenvalue weighted by Crippen LogP contribution is -2.34. The largest absolute Gasteiger partial charge is 0.378 e. The molecule has 0 bridgehead atoms. The molecule has 2 aromatic rings. The zero-order valence-corrected chi connectivity index (χ0v) is 13.2. The molecule has 1 N–H and O–H groups in total. The second-order valence-corrected chi connectivity index (χ2v) is 5.92. The van der Waals surface area contributed by atoms with E-state index >= 15 is 0 Å². The number of hydrogen-bond acceptors (Lipinski definition) is 4. The highest BCUT2D eigenvalue weighted by Gasteiger charge is 2.15. The van der Waals surface area contributed by atoms with Crippen molar-refractivity contribution in [2.24, 2.45) is 0 Å². The van der Waals surface area contributed by atoms with Crippen LogP contribution in [0.5, 0.6) is 0 Å². The number of nitrogens with zero attached hydrogens (tertiary/aromatic N) is 2. The van der Waals surface area contributed by atoms with Gasteiger partial charge < -0.3 is 10.1 Å². The van der Waals surface area contributed by atoms with E-state index in [2.05, 4.69) is 10.3 Å². The van der Waals surface area contributed by atoms with E-state index in [4.69, 9.17) is 4.74 Å². The number of aromatic nitrogens is 2. The van der Waals surface area contributed by atoms with Crippen LogP contribution in [0.4, 0.5) is 0 Å². The summed E-state index contributed by atoms with van der Waals surface area (Å²) in [6.07, 6.45) is 4.66. The molecule has 23 heavy (non-hydrogen) atoms. The van der Waals surface area contributed by atoms with Crippen molar-refractivity contribution in [1.82, 2.24) is 14.9 Å². The molecule has 0 saturated carbocycles. The van der Waals surface area contributed by atoms with Crippen LogP contribution in [0.3, 0.4) is 0 Å². The quantitative estimate of drug-likeness (QED) is 0.905. The van der Waals surface area contributed by atoms with E-state index in [1.807, 2.05) is 19.1 Å². The first-order valence-electron chi connectivity index (χ1n) is 7.98. The van der Waals surface area contributed by atoms with Gasteiger partial charge in [-0.15, -0.1) is 0 Å². The number of ether oxygens (including phenoxy) is 1. The molecule has 1 aromatic heterocycles. The molecule has 3 rings (SSSR count). The average molecular weight is 315 g/mol. The normalized spacial score (nSPS) is 17.5. The highest BCUT2D eigenvalue weighted by atomic mass is 16.5. The third-order valence-corrected chi connectivity index (χ3v) is 4.18. The molecule has 6 nitrogen and oxygen atoms in total. The number of benzene rings is 1. The molecule has 1 unspecified atom stereocenters. The van der Waals surface area contributed by atoms with Gasteiger partial charge in [-0.1, -0.05) is 12.1 Å². The molecule has 0 spiro atoms. The Hall–Kier alpha value is -2.21. The standard InChI is InChI=1S/C17H21N3O3/c1-12-4-2-6-14-16(12)19-11-20(17(14)22)10-15(21)18-8-7-13-5-3-9-23-13/h2,4,6,11,13H,3,5,7-10H2,1H3,(H,18,21). The molecule has 0 radical (unpaired) electrons. The number of amides is 1. The molecule has 1 fully saturated rings. The van der Waals surface area contributed by atoms with E-state index in [0.717, 1.165) is 31.4 Å². The minimum Gasteiger partial charge on any atom is -0.378 e. The first-order valence-corrected chi connectivity index (χ1v) is 7.98. The van der Waals surface area contributed by atoms with Crippen molar-refractivity contribution in [3.8, 4) is 0 Å². The summed E-state index contributed by atoms with van der Waals surface area (Å²) in [6.45, 7) is 3.28. The number of carbonyl (C=O) groups excluding carboxylic acids is 1. The summed E-state index contributed by atoms with van der Waals surface area (Å²) in [5, 5.41) is 3.38. The number of para-hydroxylation sites is 1. The Morgan fingerprint density at radius 3 is 3.13 bits per heavy atom. The van der Waals surface area contributed by atoms with E-state index in [0.29, 0.717) is 17.4 Å². The molecule has 1 atom stereocenters. The van der Waals surface area contributed by atoms with Crippen LogP contribution >= 0.6 is 0 Å². The van der Waals surface area contributed by atoms with Crippen LogP contribution < -0.4 is 10.9 Å². The van der Waals surface area contributed by atoms with Crippen LogP contribution in [-0.4, -0.2) is 34.7 Å². The molecule has 6 heteroatoms. The fourth-order valence-corrected chi connectivity index (χ4v) is 2.91. The van der Waals surface area contributed by atoms with Crippen LogP contribution in [0, 0.1) is 6.92 Å². The van der Waals surface area contributed by atoms with E-state index in [-0.39, 0.29) is 24.1 Å². The smallest absolute Gasteiger partial charge is 0.261 e. The predicted molar refractivity (Wildman–Crippen MR) is 87.3 cm³/mol. The molecule has 1 saturated heterocycles. The van der Waals surface area contributed by atoms with E-state index < -0.39 is 0 Å². The lowest BCUT2D eigenvalue weighted by molar-refractivity contribution is -0.121. The first kappa shape index (κ1) is 15.7. The van der Waals surface area contributed by atoms with Crippen LogP contribution in [0.15, 0.2) is 29.3 Å². The fraction of sp³-hybridized carbons (Fsp3) is 0.471. The number of fused-ring (bicyclic) bond motifs is 1. The minimum atomic E-state index is -0.187. The van der Waals surface area contributed by atoms with Crippen molar-refractivity contribution in [3.63, 3.8) is 0 Å². The summed E-state index contributed by atoms with van der Waals surface area (Å²) in [7, 11) is 0. The monoisotopic (exact) mass is 315 g/mol. The summed E-state index contributed by atoms with van der Waals surface area (Å²) in [5.74, 6) is -0.182. The van der Waals surface area contributed by atoms with Gasteiger partial charge in [0.2, 0.25) is 5.91 Å². The van der Waals surface area contributed by atoms with Gasteiger partial charge in [-0.2, -0.15) is 0 Å². The minimum absolute atomic E-state index is 0.0127. The van der Waals surface area contributed by atoms with Gasteiger partial charge >= 0.3 is 0 Å². The maximum atomic E-state index is 12.4. The summed E-state index contributed by atoms with van der Waals surface area (Å²) in [6, 6.07) is 5.48. The van der Waals surface area contributed by atoms with E-state index in [9.17, 15) is 9.59 Å². The molecular weight excluding hydrogens is 294 g/mol. The van der Waals surface area contributed by atoms with Crippen LogP contribution in [0.1, 0.15) is 24.8 Å². The van der Waals surface area contributed by atoms with Gasteiger partial charge in [0.05, 0.1) is 23.3 Å². The molecule has 1 aliphatic heterocycles. The van der Waals surface area contributed by atoms with Crippen molar-refractivity contribution >= 4 is 16.8 Å². The van der Waals surface area contributed by atoms with Gasteiger partial charge in [0, 0.05) is 13.2 Å². The predicted octanol–water partition coefficient (Wildman–Crippen LogP) is 1.39. The number of aryl methyl sites for hydroxylation is 1. The lowest BCUT2D eigenvalue weighted by atomic mass is 10.1. The number of hydrogen-bond donors (Lipinski definition) is 1. The Bertz CT molecular complexity index is 763. The lowest BCUT2D eigenvalue weighted by Gasteiger charge is -2.11. The molecule has 2 heterocycles. The highest BCUT2D eigenvalue weighted by Crippen LogP contribution is 2.14. The van der Waals surface area contributed by atoms with E-state index in [1.54, 1.807) is 6.07 Å². The average Bonchev–Trinajstić information content (AvgIpc) is 3.04. The third-order valence-electron chi connectivity index (χ3n) is 4.18. The van der Waals surface area contributed by atoms with Gasteiger partial charge in [-0.3, -0.25) is 14.2 Å². The topological polar surface area (TPSA) is 73.2 Å². The zero-order chi connectivity index (χ0) is 16.2. The molecule has 1 aliphatic rings. The Balaban J connectivity index is 1.63. The van der Waals surface area contributed by atoms with Crippen LogP contribution in [0.2, 0.25) is 0 Å². The molecule has 0 aliphatic carbocycles. The zero-order valence-electron chi connectivity index (χ0n) is 13.2. The number of rotatable bonds is 5. The molecule has 122 valence electrons. The summed E-state index contributed by atoms with van der Waals surface area (Å²) < 4.78 is 6.87. The molecule has 1 amide bonds. The summed E-state index contributed by atoms with van der Waals surface area (Å²) in [5.41, 5.74) is 1.45. The number of nitrogens with one attached hydrogen (secondary N) is 1. The van der Waals surface area contributed by atoms with Gasteiger partial charge in [0.15, 0.2) is 0 Å². The highest BCUT2D eigenvalue weighted by molar-refractivity contribution is 5.81. The van der Waals surface area contributed by atoms with Gasteiger partial charge in [0.25, 0.3) is 5.56 Å². The fourth-order valence-electron chi connectivity index (χ4n) is 2.91. The van der Waals surface area contributed by atoms with Gasteiger partial charge in [-0.05, 0) is 37.8 Å². The van der Waals surface area contributed by atoms with Crippen molar-refractivity contribution in [1.29, 1.82) is 0 Å². The Labute approximate surface area is 134 Å². The first-order chi connectivity index (χ1) is 11.1. The van der Waals surface area contributed by atoms with Gasteiger partial charge in [-0.25, -0.2) is 4.98 Å². The maximum Gasteiger partial charge on any atom is 0.261 e. The maximum absolute atomic E-state index is 12.4. The number of carbonyl (C=O) groups is 1. The molecular formula is C17H21N3O3.